The Morgan fingerprint density at radius 2 is 2.27 bits per heavy atom. The molecule has 138 valence electrons. The Kier molecular flexibility index (Phi) is 4.50. The van der Waals surface area contributed by atoms with Gasteiger partial charge in [-0.3, -0.25) is 9.59 Å². The number of nitrogens with one attached hydrogen (secondary N) is 1. The zero-order valence-corrected chi connectivity index (χ0v) is 14.7. The van der Waals surface area contributed by atoms with Crippen molar-refractivity contribution in [1.82, 2.24) is 19.8 Å². The second-order valence-corrected chi connectivity index (χ2v) is 6.71. The molecule has 0 unspecified atom stereocenters. The fourth-order valence-corrected chi connectivity index (χ4v) is 3.54. The summed E-state index contributed by atoms with van der Waals surface area (Å²) in [7, 11) is 0. The van der Waals surface area contributed by atoms with Crippen molar-refractivity contribution >= 4 is 11.8 Å². The number of hydrogen-bond donors (Lipinski definition) is 1. The molecule has 4 heterocycles. The molecule has 1 N–H and O–H groups in total. The first-order chi connectivity index (χ1) is 12.6. The second kappa shape index (κ2) is 6.95. The van der Waals surface area contributed by atoms with Crippen molar-refractivity contribution in [2.75, 3.05) is 19.8 Å². The lowest BCUT2D eigenvalue weighted by Crippen LogP contribution is -2.44. The van der Waals surface area contributed by atoms with Crippen molar-refractivity contribution in [3.63, 3.8) is 0 Å². The minimum Gasteiger partial charge on any atom is -0.467 e. The van der Waals surface area contributed by atoms with Crippen LogP contribution in [0.1, 0.15) is 41.5 Å². The van der Waals surface area contributed by atoms with Crippen LogP contribution in [0, 0.1) is 5.92 Å². The van der Waals surface area contributed by atoms with Gasteiger partial charge < -0.3 is 23.9 Å². The van der Waals surface area contributed by atoms with Crippen molar-refractivity contribution < 1.29 is 18.7 Å². The number of rotatable bonds is 4. The van der Waals surface area contributed by atoms with Crippen molar-refractivity contribution in [2.45, 2.75) is 32.5 Å². The van der Waals surface area contributed by atoms with Gasteiger partial charge in [0.25, 0.3) is 5.91 Å². The highest BCUT2D eigenvalue weighted by Crippen LogP contribution is 2.28. The monoisotopic (exact) mass is 358 g/mol. The van der Waals surface area contributed by atoms with Gasteiger partial charge >= 0.3 is 0 Å². The van der Waals surface area contributed by atoms with Crippen LogP contribution in [0.25, 0.3) is 0 Å². The van der Waals surface area contributed by atoms with Crippen molar-refractivity contribution in [3.05, 3.63) is 41.9 Å². The molecule has 0 aromatic carbocycles. The summed E-state index contributed by atoms with van der Waals surface area (Å²) < 4.78 is 12.5. The van der Waals surface area contributed by atoms with E-state index in [2.05, 4.69) is 10.3 Å². The third kappa shape index (κ3) is 3.12. The number of amides is 2. The largest absolute Gasteiger partial charge is 0.467 e. The van der Waals surface area contributed by atoms with Gasteiger partial charge in [-0.2, -0.15) is 0 Å². The number of furan rings is 1. The zero-order chi connectivity index (χ0) is 18.1. The molecule has 0 radical (unpaired) electrons. The predicted octanol–water partition coefficient (Wildman–Crippen LogP) is 1.35. The summed E-state index contributed by atoms with van der Waals surface area (Å²) >= 11 is 0. The Bertz CT molecular complexity index is 792. The van der Waals surface area contributed by atoms with Crippen molar-refractivity contribution in [1.29, 1.82) is 0 Å². The number of nitrogens with zero attached hydrogens (tertiary/aromatic N) is 3. The average Bonchev–Trinajstić information content (AvgIpc) is 3.40. The summed E-state index contributed by atoms with van der Waals surface area (Å²) in [5.41, 5.74) is 0.358. The Balaban J connectivity index is 1.45. The van der Waals surface area contributed by atoms with Gasteiger partial charge in [0.1, 0.15) is 17.3 Å². The Morgan fingerprint density at radius 3 is 3.00 bits per heavy atom. The Hall–Kier alpha value is -2.61. The maximum Gasteiger partial charge on any atom is 0.271 e. The first kappa shape index (κ1) is 16.8. The van der Waals surface area contributed by atoms with E-state index in [-0.39, 0.29) is 23.8 Å². The molecule has 2 aromatic rings. The van der Waals surface area contributed by atoms with Crippen molar-refractivity contribution in [3.8, 4) is 0 Å². The fourth-order valence-electron chi connectivity index (χ4n) is 3.54. The normalized spacial score (nSPS) is 22.3. The van der Waals surface area contributed by atoms with Crippen LogP contribution in [0.15, 0.2) is 29.0 Å². The summed E-state index contributed by atoms with van der Waals surface area (Å²) in [5, 5.41) is 2.80. The molecular weight excluding hydrogens is 336 g/mol. The molecule has 2 atom stereocenters. The number of ether oxygens (including phenoxy) is 1. The average molecular weight is 358 g/mol. The highest BCUT2D eigenvalue weighted by molar-refractivity contribution is 5.92. The molecule has 1 saturated heterocycles. The quantitative estimate of drug-likeness (QED) is 0.891. The third-order valence-corrected chi connectivity index (χ3v) is 5.03. The lowest BCUT2D eigenvalue weighted by atomic mass is 10.1. The molecule has 4 rings (SSSR count). The van der Waals surface area contributed by atoms with Gasteiger partial charge in [-0.05, 0) is 25.5 Å². The van der Waals surface area contributed by atoms with E-state index in [1.165, 1.54) is 0 Å². The molecule has 1 fully saturated rings. The van der Waals surface area contributed by atoms with Gasteiger partial charge in [0.15, 0.2) is 0 Å². The van der Waals surface area contributed by atoms with E-state index in [0.29, 0.717) is 44.3 Å². The Labute approximate surface area is 151 Å². The van der Waals surface area contributed by atoms with Gasteiger partial charge in [-0.25, -0.2) is 4.98 Å². The topological polar surface area (TPSA) is 89.6 Å². The van der Waals surface area contributed by atoms with Gasteiger partial charge in [0, 0.05) is 25.9 Å². The minimum absolute atomic E-state index is 0.0602. The standard InChI is InChI=1S/C18H22N4O4/c1-12-16-20-15(17(23)19-9-14-3-2-7-26-14)10-21(16)5-6-22(12)18(24)13-4-8-25-11-13/h2-3,7,10,12-13H,4-6,8-9,11H2,1H3,(H,19,23)/t12-,13+/m0/s1. The number of fused-ring (bicyclic) bond motifs is 1. The first-order valence-corrected chi connectivity index (χ1v) is 8.89. The van der Waals surface area contributed by atoms with E-state index >= 15 is 0 Å². The summed E-state index contributed by atoms with van der Waals surface area (Å²) in [4.78, 5) is 31.4. The second-order valence-electron chi connectivity index (χ2n) is 6.71. The number of imidazole rings is 1. The molecule has 0 saturated carbocycles. The van der Waals surface area contributed by atoms with Crippen LogP contribution in [0.4, 0.5) is 0 Å². The number of carbonyl (C=O) groups is 2. The zero-order valence-electron chi connectivity index (χ0n) is 14.7. The summed E-state index contributed by atoms with van der Waals surface area (Å²) in [6, 6.07) is 3.42. The first-order valence-electron chi connectivity index (χ1n) is 8.89. The van der Waals surface area contributed by atoms with E-state index in [1.54, 1.807) is 24.6 Å². The number of hydrogen-bond acceptors (Lipinski definition) is 5. The molecule has 26 heavy (non-hydrogen) atoms. The van der Waals surface area contributed by atoms with Crippen LogP contribution in [-0.2, 0) is 22.6 Å². The van der Waals surface area contributed by atoms with Crippen LogP contribution in [-0.4, -0.2) is 46.0 Å². The highest BCUT2D eigenvalue weighted by atomic mass is 16.5. The van der Waals surface area contributed by atoms with E-state index in [9.17, 15) is 9.59 Å². The van der Waals surface area contributed by atoms with E-state index in [4.69, 9.17) is 9.15 Å². The van der Waals surface area contributed by atoms with Crippen LogP contribution < -0.4 is 5.32 Å². The highest BCUT2D eigenvalue weighted by Gasteiger charge is 2.35. The lowest BCUT2D eigenvalue weighted by Gasteiger charge is -2.35. The molecular formula is C18H22N4O4. The molecule has 8 nitrogen and oxygen atoms in total. The SMILES string of the molecule is C[C@H]1c2nc(C(=O)NCc3ccco3)cn2CCN1C(=O)[C@@H]1CCOC1. The smallest absolute Gasteiger partial charge is 0.271 e. The molecule has 0 bridgehead atoms. The van der Waals surface area contributed by atoms with Crippen LogP contribution in [0.5, 0.6) is 0 Å². The minimum atomic E-state index is -0.252. The molecule has 2 aliphatic heterocycles. The maximum absolute atomic E-state index is 12.7. The summed E-state index contributed by atoms with van der Waals surface area (Å²) in [6.45, 7) is 4.67. The van der Waals surface area contributed by atoms with E-state index in [1.807, 2.05) is 16.4 Å². The Morgan fingerprint density at radius 1 is 1.38 bits per heavy atom. The van der Waals surface area contributed by atoms with E-state index < -0.39 is 0 Å². The van der Waals surface area contributed by atoms with Crippen LogP contribution in [0.2, 0.25) is 0 Å². The third-order valence-electron chi connectivity index (χ3n) is 5.03. The number of carbonyl (C=O) groups excluding carboxylic acids is 2. The van der Waals surface area contributed by atoms with Gasteiger partial charge in [0.05, 0.1) is 31.4 Å². The molecule has 0 spiro atoms. The van der Waals surface area contributed by atoms with Crippen LogP contribution in [0.3, 0.4) is 0 Å². The lowest BCUT2D eigenvalue weighted by molar-refractivity contribution is -0.138. The molecule has 2 aromatic heterocycles. The fraction of sp³-hybridized carbons (Fsp3) is 0.500. The van der Waals surface area contributed by atoms with Gasteiger partial charge in [-0.1, -0.05) is 0 Å². The molecule has 8 heteroatoms. The van der Waals surface area contributed by atoms with Crippen LogP contribution >= 0.6 is 0 Å². The summed E-state index contributed by atoms with van der Waals surface area (Å²) in [6.07, 6.45) is 4.10. The van der Waals surface area contributed by atoms with Gasteiger partial charge in [-0.15, -0.1) is 0 Å². The van der Waals surface area contributed by atoms with Crippen molar-refractivity contribution in [2.24, 2.45) is 5.92 Å². The molecule has 2 amide bonds. The predicted molar refractivity (Wildman–Crippen MR) is 91.2 cm³/mol. The summed E-state index contributed by atoms with van der Waals surface area (Å²) in [5.74, 6) is 1.23. The molecule has 0 aliphatic carbocycles. The van der Waals surface area contributed by atoms with Gasteiger partial charge in [0.2, 0.25) is 5.91 Å². The molecule has 2 aliphatic rings. The maximum atomic E-state index is 12.7. The van der Waals surface area contributed by atoms with E-state index in [0.717, 1.165) is 12.2 Å². The number of aromatic nitrogens is 2.